The van der Waals surface area contributed by atoms with Crippen molar-refractivity contribution in [2.45, 2.75) is 17.3 Å². The van der Waals surface area contributed by atoms with Crippen LogP contribution in [0.5, 0.6) is 0 Å². The zero-order chi connectivity index (χ0) is 18.6. The number of hydrogen-bond donors (Lipinski definition) is 1. The molecule has 6 nitrogen and oxygen atoms in total. The molecule has 0 fully saturated rings. The first-order valence-corrected chi connectivity index (χ1v) is 9.25. The lowest BCUT2D eigenvalue weighted by Crippen LogP contribution is -2.14. The Bertz CT molecular complexity index is 1030. The minimum absolute atomic E-state index is 0.272. The molecule has 0 saturated carbocycles. The van der Waals surface area contributed by atoms with Gasteiger partial charge >= 0.3 is 0 Å². The highest BCUT2D eigenvalue weighted by Gasteiger charge is 2.13. The fraction of sp³-hybridized carbons (Fsp3) is 0.105. The van der Waals surface area contributed by atoms with Crippen LogP contribution in [-0.4, -0.2) is 20.0 Å². The summed E-state index contributed by atoms with van der Waals surface area (Å²) in [6.45, 7) is 0. The predicted octanol–water partition coefficient (Wildman–Crippen LogP) is 3.67. The molecule has 4 rings (SSSR count). The Morgan fingerprint density at radius 1 is 1.04 bits per heavy atom. The fourth-order valence-electron chi connectivity index (χ4n) is 2.57. The minimum Gasteiger partial charge on any atom is -0.356 e. The van der Waals surface area contributed by atoms with Gasteiger partial charge in [0.05, 0.1) is 5.69 Å². The van der Waals surface area contributed by atoms with Crippen LogP contribution >= 0.6 is 11.8 Å². The van der Waals surface area contributed by atoms with Crippen molar-refractivity contribution in [2.75, 3.05) is 5.84 Å². The Hall–Kier alpha value is -3.13. The molecule has 0 saturated heterocycles. The van der Waals surface area contributed by atoms with E-state index in [0.29, 0.717) is 23.2 Å². The Labute approximate surface area is 159 Å². The third-order valence-corrected chi connectivity index (χ3v) is 4.95. The van der Waals surface area contributed by atoms with Crippen LogP contribution in [0, 0.1) is 5.82 Å². The average molecular weight is 381 g/mol. The molecule has 136 valence electrons. The molecule has 27 heavy (non-hydrogen) atoms. The van der Waals surface area contributed by atoms with Gasteiger partial charge in [-0.25, -0.2) is 9.07 Å². The van der Waals surface area contributed by atoms with Crippen LogP contribution in [0.2, 0.25) is 0 Å². The number of aromatic nitrogens is 4. The van der Waals surface area contributed by atoms with Crippen molar-refractivity contribution in [1.29, 1.82) is 0 Å². The lowest BCUT2D eigenvalue weighted by molar-refractivity contribution is 0.426. The topological polar surface area (TPSA) is 82.8 Å². The van der Waals surface area contributed by atoms with Gasteiger partial charge in [-0.2, -0.15) is 0 Å². The summed E-state index contributed by atoms with van der Waals surface area (Å²) in [5, 5.41) is 12.9. The van der Waals surface area contributed by atoms with Crippen LogP contribution in [0.15, 0.2) is 70.3 Å². The quantitative estimate of drug-likeness (QED) is 0.405. The van der Waals surface area contributed by atoms with E-state index in [0.717, 1.165) is 22.6 Å². The predicted molar refractivity (Wildman–Crippen MR) is 101 cm³/mol. The van der Waals surface area contributed by atoms with E-state index in [9.17, 15) is 4.39 Å². The third kappa shape index (κ3) is 4.01. The molecule has 0 spiro atoms. The Balaban J connectivity index is 1.41. The maximum absolute atomic E-state index is 13.0. The zero-order valence-corrected chi connectivity index (χ0v) is 15.1. The SMILES string of the molecule is Nn1c(Cc2ccc(F)cc2)nnc1SCc1cc(-c2ccccc2)on1. The van der Waals surface area contributed by atoms with Gasteiger partial charge in [0, 0.05) is 23.8 Å². The van der Waals surface area contributed by atoms with Crippen LogP contribution in [0.25, 0.3) is 11.3 Å². The van der Waals surface area contributed by atoms with Gasteiger partial charge < -0.3 is 10.4 Å². The maximum atomic E-state index is 13.0. The summed E-state index contributed by atoms with van der Waals surface area (Å²) in [6.07, 6.45) is 0.479. The molecule has 2 aromatic heterocycles. The number of hydrogen-bond acceptors (Lipinski definition) is 6. The van der Waals surface area contributed by atoms with Gasteiger partial charge in [0.15, 0.2) is 11.6 Å². The Morgan fingerprint density at radius 2 is 1.81 bits per heavy atom. The largest absolute Gasteiger partial charge is 0.356 e. The van der Waals surface area contributed by atoms with E-state index in [4.69, 9.17) is 10.4 Å². The summed E-state index contributed by atoms with van der Waals surface area (Å²) in [5.74, 6) is 7.71. The molecule has 4 aromatic rings. The highest BCUT2D eigenvalue weighted by Crippen LogP contribution is 2.25. The highest BCUT2D eigenvalue weighted by atomic mass is 32.2. The van der Waals surface area contributed by atoms with E-state index in [-0.39, 0.29) is 5.82 Å². The zero-order valence-electron chi connectivity index (χ0n) is 14.2. The van der Waals surface area contributed by atoms with Crippen LogP contribution in [0.4, 0.5) is 4.39 Å². The molecule has 0 radical (unpaired) electrons. The third-order valence-electron chi connectivity index (χ3n) is 3.98. The number of thioether (sulfide) groups is 1. The molecule has 0 aliphatic heterocycles. The number of nitrogen functional groups attached to an aromatic ring is 1. The van der Waals surface area contributed by atoms with Gasteiger partial charge in [0.25, 0.3) is 0 Å². The van der Waals surface area contributed by atoms with Crippen molar-refractivity contribution in [3.8, 4) is 11.3 Å². The van der Waals surface area contributed by atoms with Gasteiger partial charge in [-0.15, -0.1) is 10.2 Å². The molecular weight excluding hydrogens is 365 g/mol. The molecule has 0 atom stereocenters. The molecule has 2 N–H and O–H groups in total. The first-order chi connectivity index (χ1) is 13.2. The van der Waals surface area contributed by atoms with Crippen molar-refractivity contribution >= 4 is 11.8 Å². The monoisotopic (exact) mass is 381 g/mol. The van der Waals surface area contributed by atoms with E-state index in [1.807, 2.05) is 36.4 Å². The van der Waals surface area contributed by atoms with Crippen molar-refractivity contribution in [3.63, 3.8) is 0 Å². The number of benzene rings is 2. The molecule has 0 unspecified atom stereocenters. The Morgan fingerprint density at radius 3 is 2.59 bits per heavy atom. The van der Waals surface area contributed by atoms with Crippen LogP contribution in [-0.2, 0) is 12.2 Å². The highest BCUT2D eigenvalue weighted by molar-refractivity contribution is 7.98. The van der Waals surface area contributed by atoms with E-state index >= 15 is 0 Å². The van der Waals surface area contributed by atoms with Gasteiger partial charge in [-0.1, -0.05) is 59.4 Å². The molecule has 0 aliphatic rings. The van der Waals surface area contributed by atoms with Crippen molar-refractivity contribution < 1.29 is 8.91 Å². The summed E-state index contributed by atoms with van der Waals surface area (Å²) >= 11 is 1.42. The summed E-state index contributed by atoms with van der Waals surface area (Å²) in [7, 11) is 0. The molecule has 2 aromatic carbocycles. The maximum Gasteiger partial charge on any atom is 0.210 e. The normalized spacial score (nSPS) is 11.0. The summed E-state index contributed by atoms with van der Waals surface area (Å²) in [5.41, 5.74) is 2.68. The molecule has 0 amide bonds. The van der Waals surface area contributed by atoms with Gasteiger partial charge in [-0.3, -0.25) is 0 Å². The van der Waals surface area contributed by atoms with Gasteiger partial charge in [0.1, 0.15) is 5.82 Å². The number of nitrogens with two attached hydrogens (primary N) is 1. The second-order valence-electron chi connectivity index (χ2n) is 5.91. The molecule has 8 heteroatoms. The van der Waals surface area contributed by atoms with E-state index < -0.39 is 0 Å². The number of rotatable bonds is 6. The lowest BCUT2D eigenvalue weighted by atomic mass is 10.1. The second kappa shape index (κ2) is 7.63. The fourth-order valence-corrected chi connectivity index (χ4v) is 3.32. The summed E-state index contributed by atoms with van der Waals surface area (Å²) in [6, 6.07) is 17.9. The van der Waals surface area contributed by atoms with Gasteiger partial charge in [-0.05, 0) is 17.7 Å². The van der Waals surface area contributed by atoms with E-state index in [1.54, 1.807) is 12.1 Å². The standard InChI is InChI=1S/C19H16FN5OS/c20-15-8-6-13(7-9-15)10-18-22-23-19(25(18)21)27-12-16-11-17(26-24-16)14-4-2-1-3-5-14/h1-9,11H,10,12,21H2. The summed E-state index contributed by atoms with van der Waals surface area (Å²) in [4.78, 5) is 0. The molecule has 0 aliphatic carbocycles. The Kier molecular flexibility index (Phi) is 4.88. The van der Waals surface area contributed by atoms with E-state index in [2.05, 4.69) is 15.4 Å². The van der Waals surface area contributed by atoms with E-state index in [1.165, 1.54) is 28.6 Å². The van der Waals surface area contributed by atoms with Crippen LogP contribution in [0.3, 0.4) is 0 Å². The minimum atomic E-state index is -0.272. The van der Waals surface area contributed by atoms with Crippen LogP contribution < -0.4 is 5.84 Å². The first kappa shape index (κ1) is 17.3. The lowest BCUT2D eigenvalue weighted by Gasteiger charge is -2.03. The van der Waals surface area contributed by atoms with Crippen molar-refractivity contribution in [1.82, 2.24) is 20.0 Å². The van der Waals surface area contributed by atoms with Gasteiger partial charge in [0.2, 0.25) is 5.16 Å². The average Bonchev–Trinajstić information content (AvgIpc) is 3.30. The molecule has 0 bridgehead atoms. The second-order valence-corrected chi connectivity index (χ2v) is 6.85. The number of nitrogens with zero attached hydrogens (tertiary/aromatic N) is 4. The molecular formula is C19H16FN5OS. The van der Waals surface area contributed by atoms with Crippen molar-refractivity contribution in [3.05, 3.63) is 83.6 Å². The van der Waals surface area contributed by atoms with Crippen LogP contribution in [0.1, 0.15) is 17.1 Å². The number of halogens is 1. The molecule has 2 heterocycles. The first-order valence-electron chi connectivity index (χ1n) is 8.26. The summed E-state index contributed by atoms with van der Waals surface area (Å²) < 4.78 is 19.9. The smallest absolute Gasteiger partial charge is 0.210 e. The van der Waals surface area contributed by atoms with Crippen molar-refractivity contribution in [2.24, 2.45) is 0 Å².